The van der Waals surface area contributed by atoms with Gasteiger partial charge in [0.2, 0.25) is 0 Å². The van der Waals surface area contributed by atoms with E-state index >= 15 is 0 Å². The maximum Gasteiger partial charge on any atom is 0.306 e. The van der Waals surface area contributed by atoms with Crippen LogP contribution in [0.25, 0.3) is 0 Å². The molecular formula is C30H60NO8P. The van der Waals surface area contributed by atoms with E-state index < -0.39 is 32.5 Å². The summed E-state index contributed by atoms with van der Waals surface area (Å²) in [4.78, 5) is 36.2. The Hall–Kier alpha value is -0.990. The summed E-state index contributed by atoms with van der Waals surface area (Å²) in [5, 5.41) is 0. The zero-order valence-corrected chi connectivity index (χ0v) is 27.2. The molecule has 0 saturated heterocycles. The highest BCUT2D eigenvalue weighted by Crippen LogP contribution is 2.38. The Morgan fingerprint density at radius 1 is 0.675 bits per heavy atom. The van der Waals surface area contributed by atoms with Gasteiger partial charge in [0.05, 0.1) is 27.7 Å². The number of esters is 2. The lowest BCUT2D eigenvalue weighted by molar-refractivity contribution is -0.870. The van der Waals surface area contributed by atoms with Crippen molar-refractivity contribution in [2.45, 2.75) is 136 Å². The molecule has 238 valence electrons. The number of quaternary nitrogens is 1. The van der Waals surface area contributed by atoms with Crippen molar-refractivity contribution in [3.05, 3.63) is 0 Å². The zero-order chi connectivity index (χ0) is 30.1. The van der Waals surface area contributed by atoms with Crippen LogP contribution >= 0.6 is 7.82 Å². The van der Waals surface area contributed by atoms with Gasteiger partial charge in [0.25, 0.3) is 7.82 Å². The first kappa shape index (κ1) is 39.0. The summed E-state index contributed by atoms with van der Waals surface area (Å²) >= 11 is 0. The molecule has 0 saturated carbocycles. The number of phosphoric acid groups is 1. The Kier molecular flexibility index (Phi) is 24.0. The average molecular weight is 594 g/mol. The standard InChI is InChI=1S/C30H60NO8P/c1-6-8-9-10-11-12-13-14-15-16-17-18-19-20-21-23-29(32)36-26-28(39-30(33)22-7-2)27-38-40(34,35)37-25-24-31(3,4)5/h28H,6-27H2,1-5H3. The summed E-state index contributed by atoms with van der Waals surface area (Å²) in [5.74, 6) is -0.892. The van der Waals surface area contributed by atoms with Crippen molar-refractivity contribution in [3.8, 4) is 0 Å². The summed E-state index contributed by atoms with van der Waals surface area (Å²) < 4.78 is 32.9. The summed E-state index contributed by atoms with van der Waals surface area (Å²) in [5.41, 5.74) is 0. The fraction of sp³-hybridized carbons (Fsp3) is 0.933. The van der Waals surface area contributed by atoms with Crippen molar-refractivity contribution in [3.63, 3.8) is 0 Å². The summed E-state index contributed by atoms with van der Waals surface area (Å²) in [6, 6.07) is 0. The van der Waals surface area contributed by atoms with Gasteiger partial charge in [-0.25, -0.2) is 0 Å². The molecule has 2 atom stereocenters. The molecule has 0 amide bonds. The molecule has 0 radical (unpaired) electrons. The fourth-order valence-corrected chi connectivity index (χ4v) is 4.83. The SMILES string of the molecule is CCCCCCCCCCCCCCCCCC(=O)OCC(COP(=O)([O-])OCC[N+](C)(C)C)OC(=O)CCC. The predicted molar refractivity (Wildman–Crippen MR) is 158 cm³/mol. The number of carbonyl (C=O) groups excluding carboxylic acids is 2. The monoisotopic (exact) mass is 593 g/mol. The highest BCUT2D eigenvalue weighted by molar-refractivity contribution is 7.45. The minimum atomic E-state index is -4.58. The Morgan fingerprint density at radius 3 is 1.65 bits per heavy atom. The number of ether oxygens (including phenoxy) is 2. The smallest absolute Gasteiger partial charge is 0.306 e. The lowest BCUT2D eigenvalue weighted by Gasteiger charge is -2.28. The number of carbonyl (C=O) groups is 2. The molecule has 0 aromatic carbocycles. The van der Waals surface area contributed by atoms with Gasteiger partial charge in [-0.15, -0.1) is 0 Å². The fourth-order valence-electron chi connectivity index (χ4n) is 4.10. The van der Waals surface area contributed by atoms with Crippen LogP contribution in [0.5, 0.6) is 0 Å². The van der Waals surface area contributed by atoms with Crippen LogP contribution in [0.1, 0.15) is 129 Å². The summed E-state index contributed by atoms with van der Waals surface area (Å²) in [7, 11) is 1.16. The van der Waals surface area contributed by atoms with E-state index in [0.29, 0.717) is 17.4 Å². The van der Waals surface area contributed by atoms with Crippen LogP contribution in [0.4, 0.5) is 0 Å². The zero-order valence-electron chi connectivity index (χ0n) is 26.3. The van der Waals surface area contributed by atoms with Crippen LogP contribution in [0, 0.1) is 0 Å². The van der Waals surface area contributed by atoms with E-state index in [4.69, 9.17) is 18.5 Å². The average Bonchev–Trinajstić information content (AvgIpc) is 2.87. The normalized spacial score (nSPS) is 14.1. The third-order valence-electron chi connectivity index (χ3n) is 6.60. The summed E-state index contributed by atoms with van der Waals surface area (Å²) in [6.45, 7) is 3.81. The van der Waals surface area contributed by atoms with Gasteiger partial charge in [-0.05, 0) is 12.8 Å². The maximum atomic E-state index is 12.2. The number of phosphoric ester groups is 1. The van der Waals surface area contributed by atoms with Crippen LogP contribution < -0.4 is 4.89 Å². The van der Waals surface area contributed by atoms with Crippen molar-refractivity contribution in [2.75, 3.05) is 47.5 Å². The summed E-state index contributed by atoms with van der Waals surface area (Å²) in [6.07, 6.45) is 18.8. The predicted octanol–water partition coefficient (Wildman–Crippen LogP) is 6.71. The van der Waals surface area contributed by atoms with Crippen molar-refractivity contribution >= 4 is 19.8 Å². The molecule has 2 unspecified atom stereocenters. The highest BCUT2D eigenvalue weighted by atomic mass is 31.2. The third-order valence-corrected chi connectivity index (χ3v) is 7.56. The quantitative estimate of drug-likeness (QED) is 0.0426. The lowest BCUT2D eigenvalue weighted by Crippen LogP contribution is -2.37. The molecule has 40 heavy (non-hydrogen) atoms. The van der Waals surface area contributed by atoms with Gasteiger partial charge in [-0.2, -0.15) is 0 Å². The minimum Gasteiger partial charge on any atom is -0.756 e. The molecule has 0 aliphatic carbocycles. The topological polar surface area (TPSA) is 111 Å². The molecule has 0 aromatic heterocycles. The Morgan fingerprint density at radius 2 is 1.18 bits per heavy atom. The van der Waals surface area contributed by atoms with E-state index in [1.807, 2.05) is 28.1 Å². The minimum absolute atomic E-state index is 0.0290. The third kappa shape index (κ3) is 27.2. The van der Waals surface area contributed by atoms with Gasteiger partial charge in [-0.3, -0.25) is 14.2 Å². The first-order chi connectivity index (χ1) is 19.0. The number of hydrogen-bond acceptors (Lipinski definition) is 8. The van der Waals surface area contributed by atoms with Gasteiger partial charge >= 0.3 is 11.9 Å². The van der Waals surface area contributed by atoms with Crippen molar-refractivity contribution < 1.29 is 42.1 Å². The molecule has 0 bridgehead atoms. The second-order valence-electron chi connectivity index (χ2n) is 11.8. The number of nitrogens with zero attached hydrogens (tertiary/aromatic N) is 1. The molecule has 0 spiro atoms. The molecule has 0 aromatic rings. The van der Waals surface area contributed by atoms with Crippen molar-refractivity contribution in [2.24, 2.45) is 0 Å². The van der Waals surface area contributed by atoms with Crippen molar-refractivity contribution in [1.82, 2.24) is 0 Å². The molecule has 9 nitrogen and oxygen atoms in total. The van der Waals surface area contributed by atoms with Crippen LogP contribution in [0.3, 0.4) is 0 Å². The Labute approximate surface area is 244 Å². The van der Waals surface area contributed by atoms with Gasteiger partial charge in [0.15, 0.2) is 6.10 Å². The molecule has 0 rings (SSSR count). The van der Waals surface area contributed by atoms with Gasteiger partial charge < -0.3 is 27.9 Å². The maximum absolute atomic E-state index is 12.2. The lowest BCUT2D eigenvalue weighted by atomic mass is 10.0. The van der Waals surface area contributed by atoms with Crippen LogP contribution in [0.2, 0.25) is 0 Å². The number of hydrogen-bond donors (Lipinski definition) is 0. The molecule has 0 aliphatic heterocycles. The first-order valence-electron chi connectivity index (χ1n) is 15.7. The van der Waals surface area contributed by atoms with Crippen LogP contribution in [0.15, 0.2) is 0 Å². The Bertz CT molecular complexity index is 683. The second-order valence-corrected chi connectivity index (χ2v) is 13.2. The molecular weight excluding hydrogens is 533 g/mol. The highest BCUT2D eigenvalue weighted by Gasteiger charge is 2.21. The van der Waals surface area contributed by atoms with Crippen LogP contribution in [-0.2, 0) is 32.7 Å². The number of unbranched alkanes of at least 4 members (excludes halogenated alkanes) is 14. The van der Waals surface area contributed by atoms with Gasteiger partial charge in [0, 0.05) is 12.8 Å². The number of likely N-dealkylation sites (N-methyl/N-ethyl adjacent to an activating group) is 1. The number of rotatable bonds is 28. The molecule has 0 aliphatic rings. The van der Waals surface area contributed by atoms with Gasteiger partial charge in [0.1, 0.15) is 19.8 Å². The largest absolute Gasteiger partial charge is 0.756 e. The van der Waals surface area contributed by atoms with E-state index in [9.17, 15) is 19.0 Å². The molecule has 10 heteroatoms. The van der Waals surface area contributed by atoms with E-state index in [1.165, 1.54) is 77.0 Å². The van der Waals surface area contributed by atoms with Crippen molar-refractivity contribution in [1.29, 1.82) is 0 Å². The van der Waals surface area contributed by atoms with Crippen LogP contribution in [-0.4, -0.2) is 70.0 Å². The molecule has 0 heterocycles. The second kappa shape index (κ2) is 24.6. The van der Waals surface area contributed by atoms with Gasteiger partial charge in [-0.1, -0.05) is 104 Å². The molecule has 0 fully saturated rings. The Balaban J connectivity index is 4.05. The molecule has 0 N–H and O–H groups in total. The van der Waals surface area contributed by atoms with E-state index in [0.717, 1.165) is 19.3 Å². The van der Waals surface area contributed by atoms with E-state index in [1.54, 1.807) is 0 Å². The first-order valence-corrected chi connectivity index (χ1v) is 17.2. The van der Waals surface area contributed by atoms with E-state index in [2.05, 4.69) is 6.92 Å². The van der Waals surface area contributed by atoms with E-state index in [-0.39, 0.29) is 26.1 Å².